The minimum absolute atomic E-state index is 0.0117. The average Bonchev–Trinajstić information content (AvgIpc) is 2.92. The molecule has 1 aromatic rings. The van der Waals surface area contributed by atoms with Gasteiger partial charge in [-0.1, -0.05) is 18.2 Å². The predicted octanol–water partition coefficient (Wildman–Crippen LogP) is 1.50. The summed E-state index contributed by atoms with van der Waals surface area (Å²) in [5.41, 5.74) is -1.79. The first-order valence-electron chi connectivity index (χ1n) is 12.7. The molecular formula is C18H21NO3. The van der Waals surface area contributed by atoms with Gasteiger partial charge in [-0.15, -0.1) is 0 Å². The van der Waals surface area contributed by atoms with Crippen molar-refractivity contribution in [1.82, 2.24) is 4.90 Å². The Morgan fingerprint density at radius 3 is 3.41 bits per heavy atom. The van der Waals surface area contributed by atoms with Crippen molar-refractivity contribution in [3.8, 4) is 11.5 Å². The van der Waals surface area contributed by atoms with E-state index in [-0.39, 0.29) is 29.8 Å². The minimum atomic E-state index is -3.02. The first-order valence-corrected chi connectivity index (χ1v) is 7.18. The Morgan fingerprint density at radius 1 is 1.59 bits per heavy atom. The number of hydrogen-bond acceptors (Lipinski definition) is 4. The van der Waals surface area contributed by atoms with Crippen molar-refractivity contribution >= 4 is 0 Å². The number of hydrogen-bond donors (Lipinski definition) is 1. The Morgan fingerprint density at radius 2 is 2.55 bits per heavy atom. The van der Waals surface area contributed by atoms with Gasteiger partial charge >= 0.3 is 0 Å². The van der Waals surface area contributed by atoms with Crippen LogP contribution in [0.1, 0.15) is 32.6 Å². The van der Waals surface area contributed by atoms with Gasteiger partial charge in [-0.2, -0.15) is 0 Å². The van der Waals surface area contributed by atoms with Crippen molar-refractivity contribution in [1.29, 1.82) is 0 Å². The van der Waals surface area contributed by atoms with E-state index in [4.69, 9.17) is 24.6 Å². The average molecular weight is 310 g/mol. The minimum Gasteiger partial charge on any atom is -0.493 e. The zero-order valence-corrected chi connectivity index (χ0v) is 11.5. The monoisotopic (exact) mass is 310 g/mol. The molecule has 2 heterocycles. The number of methoxy groups -OCH3 is 1. The van der Waals surface area contributed by atoms with Crippen LogP contribution in [0.3, 0.4) is 0 Å². The zero-order chi connectivity index (χ0) is 24.5. The number of rotatable bonds is 1. The quantitative estimate of drug-likeness (QED) is 0.798. The van der Waals surface area contributed by atoms with Crippen molar-refractivity contribution in [2.75, 3.05) is 20.6 Å². The van der Waals surface area contributed by atoms with Crippen LogP contribution in [0, 0.1) is 5.92 Å². The molecule has 5 atom stereocenters. The maximum Gasteiger partial charge on any atom is 0.165 e. The summed E-state index contributed by atoms with van der Waals surface area (Å²) in [6.07, 6.45) is -3.43. The van der Waals surface area contributed by atoms with Gasteiger partial charge in [-0.3, -0.25) is 0 Å². The molecule has 2 aliphatic heterocycles. The third-order valence-electron chi connectivity index (χ3n) is 5.24. The number of benzene rings is 1. The number of nitrogens with zero attached hydrogens (tertiary/aromatic N) is 1. The largest absolute Gasteiger partial charge is 0.493 e. The summed E-state index contributed by atoms with van der Waals surface area (Å²) >= 11 is 0. The van der Waals surface area contributed by atoms with Crippen molar-refractivity contribution in [3.63, 3.8) is 0 Å². The number of ether oxygens (including phenoxy) is 2. The van der Waals surface area contributed by atoms with Crippen LogP contribution in [0.5, 0.6) is 11.5 Å². The van der Waals surface area contributed by atoms with Gasteiger partial charge in [-0.25, -0.2) is 0 Å². The van der Waals surface area contributed by atoms with Crippen LogP contribution in [0.4, 0.5) is 0 Å². The molecule has 2 aliphatic carbocycles. The molecule has 0 amide bonds. The number of piperidine rings is 1. The van der Waals surface area contributed by atoms with Crippen LogP contribution < -0.4 is 9.47 Å². The van der Waals surface area contributed by atoms with Gasteiger partial charge in [-0.05, 0) is 37.9 Å². The van der Waals surface area contributed by atoms with Gasteiger partial charge in [0.1, 0.15) is 12.2 Å². The fraction of sp³-hybridized carbons (Fsp3) is 0.556. The van der Waals surface area contributed by atoms with Crippen molar-refractivity contribution in [3.05, 3.63) is 35.4 Å². The highest BCUT2D eigenvalue weighted by Gasteiger charge is 2.64. The molecule has 1 aromatic carbocycles. The molecule has 0 aromatic heterocycles. The third kappa shape index (κ3) is 1.28. The van der Waals surface area contributed by atoms with Crippen molar-refractivity contribution in [2.24, 2.45) is 5.92 Å². The van der Waals surface area contributed by atoms with Gasteiger partial charge in [0.25, 0.3) is 0 Å². The lowest BCUT2D eigenvalue weighted by Gasteiger charge is -2.56. The van der Waals surface area contributed by atoms with E-state index in [2.05, 4.69) is 0 Å². The molecule has 1 fully saturated rings. The molecule has 1 N–H and O–H groups in total. The maximum atomic E-state index is 10.8. The lowest BCUT2D eigenvalue weighted by Crippen LogP contribution is -2.64. The van der Waals surface area contributed by atoms with Gasteiger partial charge in [0, 0.05) is 29.8 Å². The second-order valence-electron chi connectivity index (χ2n) is 6.09. The summed E-state index contributed by atoms with van der Waals surface area (Å²) in [4.78, 5) is 1.03. The summed E-state index contributed by atoms with van der Waals surface area (Å²) < 4.78 is 101. The summed E-state index contributed by atoms with van der Waals surface area (Å²) in [6.45, 7) is -2.82. The molecule has 22 heavy (non-hydrogen) atoms. The Labute approximate surface area is 145 Å². The molecule has 1 saturated heterocycles. The predicted molar refractivity (Wildman–Crippen MR) is 82.5 cm³/mol. The first kappa shape index (κ1) is 6.17. The zero-order valence-electron chi connectivity index (χ0n) is 22.5. The molecule has 5 rings (SSSR count). The van der Waals surface area contributed by atoms with Gasteiger partial charge in [0.2, 0.25) is 0 Å². The highest BCUT2D eigenvalue weighted by atomic mass is 16.5. The number of likely N-dealkylation sites (N-methyl/N-ethyl adjacent to an activating group) is 1. The summed E-state index contributed by atoms with van der Waals surface area (Å²) in [7, 11) is -3.02. The molecule has 4 aliphatic rings. The van der Waals surface area contributed by atoms with Crippen LogP contribution in [0.15, 0.2) is 24.2 Å². The lowest BCUT2D eigenvalue weighted by atomic mass is 9.53. The Bertz CT molecular complexity index is 1080. The third-order valence-corrected chi connectivity index (χ3v) is 5.24. The van der Waals surface area contributed by atoms with Crippen LogP contribution in [0.2, 0.25) is 0 Å². The molecule has 4 heteroatoms. The number of likely N-dealkylation sites (tertiary alicyclic amines) is 1. The van der Waals surface area contributed by atoms with Crippen LogP contribution >= 0.6 is 0 Å². The van der Waals surface area contributed by atoms with Crippen LogP contribution in [0.25, 0.3) is 0 Å². The number of aliphatic hydroxyl groups is 1. The van der Waals surface area contributed by atoms with Crippen LogP contribution in [-0.2, 0) is 11.8 Å². The van der Waals surface area contributed by atoms with E-state index >= 15 is 0 Å². The van der Waals surface area contributed by atoms with E-state index < -0.39 is 67.8 Å². The summed E-state index contributed by atoms with van der Waals surface area (Å²) in [5, 5.41) is 10.8. The van der Waals surface area contributed by atoms with E-state index in [1.807, 2.05) is 0 Å². The van der Waals surface area contributed by atoms with Gasteiger partial charge < -0.3 is 19.5 Å². The Kier molecular flexibility index (Phi) is 1.14. The highest BCUT2D eigenvalue weighted by Crippen LogP contribution is 2.62. The van der Waals surface area contributed by atoms with Gasteiger partial charge in [0.05, 0.1) is 15.3 Å². The van der Waals surface area contributed by atoms with Crippen molar-refractivity contribution in [2.45, 2.75) is 36.4 Å². The molecule has 2 bridgehead atoms. The van der Waals surface area contributed by atoms with Crippen LogP contribution in [-0.4, -0.2) is 48.8 Å². The summed E-state index contributed by atoms with van der Waals surface area (Å²) in [5.74, 6) is -1.91. The summed E-state index contributed by atoms with van der Waals surface area (Å²) in [6, 6.07) is -2.75. The normalized spacial score (nSPS) is 55.1. The Hall–Kier alpha value is -1.52. The number of aliphatic hydroxyl groups excluding tert-OH is 1. The fourth-order valence-electron chi connectivity index (χ4n) is 4.36. The van der Waals surface area contributed by atoms with E-state index in [9.17, 15) is 5.11 Å². The SMILES string of the molecule is [2H]c1c([2H])c2c3c(c1OC([2H])([2H])[2H])OC1([2H])C(O)C=C[C@H]4[C@H](N(C([2H])([2H])[2H])CC[C@@]341)C2([2H])[2H]. The first-order chi connectivity index (χ1) is 15.0. The van der Waals surface area contributed by atoms with E-state index in [1.54, 1.807) is 0 Å². The van der Waals surface area contributed by atoms with E-state index in [0.29, 0.717) is 0 Å². The molecule has 116 valence electrons. The fourth-order valence-corrected chi connectivity index (χ4v) is 4.36. The Balaban J connectivity index is 1.91. The second-order valence-corrected chi connectivity index (χ2v) is 6.09. The maximum absolute atomic E-state index is 10.8. The molecule has 4 nitrogen and oxygen atoms in total. The van der Waals surface area contributed by atoms with E-state index in [0.717, 1.165) is 4.90 Å². The molecule has 2 unspecified atom stereocenters. The smallest absolute Gasteiger partial charge is 0.165 e. The molecule has 0 radical (unpaired) electrons. The second kappa shape index (κ2) is 4.06. The van der Waals surface area contributed by atoms with E-state index in [1.165, 1.54) is 12.2 Å². The van der Waals surface area contributed by atoms with Gasteiger partial charge in [0.15, 0.2) is 11.5 Å². The standard InChI is InChI=1S/C18H21NO3/c1-19-8-7-18-11-4-5-13(20)17(18)22-16-14(21-2)6-3-10(15(16)18)9-12(11)19/h3-6,11-13,17,20H,7-9H2,1-2H3/t11-,12+,13?,17?,18-/m0/s1/i1D3,2D3,3D,6D,9D2,17D. The highest BCUT2D eigenvalue weighted by molar-refractivity contribution is 5.62. The topological polar surface area (TPSA) is 41.9 Å². The molecule has 1 spiro atoms. The lowest BCUT2D eigenvalue weighted by molar-refractivity contribution is -0.0453. The molecular weight excluding hydrogens is 278 g/mol. The van der Waals surface area contributed by atoms with Crippen molar-refractivity contribution < 1.29 is 29.7 Å². The molecule has 0 saturated carbocycles.